The molecule has 4 heteroatoms. The van der Waals surface area contributed by atoms with Crippen molar-refractivity contribution in [3.63, 3.8) is 0 Å². The summed E-state index contributed by atoms with van der Waals surface area (Å²) < 4.78 is 13.0. The predicted molar refractivity (Wildman–Crippen MR) is 68.9 cm³/mol. The van der Waals surface area contributed by atoms with Crippen LogP contribution in [0.2, 0.25) is 5.02 Å². The Balaban J connectivity index is 2.14. The van der Waals surface area contributed by atoms with Gasteiger partial charge in [-0.1, -0.05) is 17.7 Å². The molecule has 1 unspecified atom stereocenters. The molecule has 94 valence electrons. The Morgan fingerprint density at radius 3 is 2.94 bits per heavy atom. The molecule has 0 spiro atoms. The van der Waals surface area contributed by atoms with Crippen molar-refractivity contribution in [2.24, 2.45) is 0 Å². The van der Waals surface area contributed by atoms with E-state index in [2.05, 4.69) is 17.1 Å². The van der Waals surface area contributed by atoms with Crippen LogP contribution in [-0.2, 0) is 0 Å². The minimum absolute atomic E-state index is 0.239. The van der Waals surface area contributed by atoms with Gasteiger partial charge >= 0.3 is 0 Å². The minimum atomic E-state index is -0.275. The number of nitrogens with zero attached hydrogens (tertiary/aromatic N) is 1. The molecule has 0 amide bonds. The third-order valence-electron chi connectivity index (χ3n) is 3.33. The van der Waals surface area contributed by atoms with E-state index in [1.807, 2.05) is 0 Å². The average molecular weight is 257 g/mol. The standard InChI is InChI=1S/C13H18ClFN2/c1-10(17-7-2-5-16-6-8-17)12-4-3-11(15)9-13(12)14/h3-4,9-10,16H,2,5-8H2,1H3. The normalized spacial score (nSPS) is 19.9. The van der Waals surface area contributed by atoms with Gasteiger partial charge in [-0.25, -0.2) is 4.39 Å². The first kappa shape index (κ1) is 12.8. The van der Waals surface area contributed by atoms with Crippen molar-refractivity contribution >= 4 is 11.6 Å². The second-order valence-electron chi connectivity index (χ2n) is 4.48. The molecular weight excluding hydrogens is 239 g/mol. The molecule has 1 saturated heterocycles. The molecule has 17 heavy (non-hydrogen) atoms. The second kappa shape index (κ2) is 5.80. The molecule has 1 aromatic carbocycles. The van der Waals surface area contributed by atoms with E-state index in [1.54, 1.807) is 6.07 Å². The van der Waals surface area contributed by atoms with Crippen LogP contribution >= 0.6 is 11.6 Å². The van der Waals surface area contributed by atoms with Crippen molar-refractivity contribution in [2.45, 2.75) is 19.4 Å². The van der Waals surface area contributed by atoms with Crippen LogP contribution < -0.4 is 5.32 Å². The Kier molecular flexibility index (Phi) is 4.37. The number of halogens is 2. The molecule has 1 aliphatic heterocycles. The third kappa shape index (κ3) is 3.18. The second-order valence-corrected chi connectivity index (χ2v) is 4.89. The summed E-state index contributed by atoms with van der Waals surface area (Å²) in [6.07, 6.45) is 1.14. The zero-order chi connectivity index (χ0) is 12.3. The molecule has 2 nitrogen and oxygen atoms in total. The van der Waals surface area contributed by atoms with Crippen LogP contribution in [0.15, 0.2) is 18.2 Å². The topological polar surface area (TPSA) is 15.3 Å². The monoisotopic (exact) mass is 256 g/mol. The van der Waals surface area contributed by atoms with Crippen LogP contribution in [0.5, 0.6) is 0 Å². The van der Waals surface area contributed by atoms with Crippen molar-refractivity contribution in [3.05, 3.63) is 34.6 Å². The van der Waals surface area contributed by atoms with E-state index in [0.717, 1.165) is 38.2 Å². The fourth-order valence-corrected chi connectivity index (χ4v) is 2.62. The first-order chi connectivity index (χ1) is 8.18. The summed E-state index contributed by atoms with van der Waals surface area (Å²) in [5, 5.41) is 3.90. The summed E-state index contributed by atoms with van der Waals surface area (Å²) in [6, 6.07) is 4.90. The van der Waals surface area contributed by atoms with Crippen LogP contribution in [0.1, 0.15) is 24.9 Å². The highest BCUT2D eigenvalue weighted by atomic mass is 35.5. The highest BCUT2D eigenvalue weighted by Crippen LogP contribution is 2.28. The van der Waals surface area contributed by atoms with Gasteiger partial charge in [0, 0.05) is 24.2 Å². The SMILES string of the molecule is CC(c1ccc(F)cc1Cl)N1CCCNCC1. The maximum Gasteiger partial charge on any atom is 0.124 e. The zero-order valence-electron chi connectivity index (χ0n) is 10.0. The summed E-state index contributed by atoms with van der Waals surface area (Å²) in [4.78, 5) is 2.39. The molecule has 1 N–H and O–H groups in total. The molecule has 0 aromatic heterocycles. The van der Waals surface area contributed by atoms with E-state index in [0.29, 0.717) is 5.02 Å². The lowest BCUT2D eigenvalue weighted by molar-refractivity contribution is 0.225. The first-order valence-electron chi connectivity index (χ1n) is 6.08. The third-order valence-corrected chi connectivity index (χ3v) is 3.66. The van der Waals surface area contributed by atoms with Gasteiger partial charge in [0.1, 0.15) is 5.82 Å². The Labute approximate surface area is 107 Å². The van der Waals surface area contributed by atoms with Crippen molar-refractivity contribution in [1.29, 1.82) is 0 Å². The Morgan fingerprint density at radius 1 is 1.35 bits per heavy atom. The molecule has 1 fully saturated rings. The van der Waals surface area contributed by atoms with E-state index < -0.39 is 0 Å². The Hall–Kier alpha value is -0.640. The van der Waals surface area contributed by atoms with Crippen molar-refractivity contribution in [3.8, 4) is 0 Å². The van der Waals surface area contributed by atoms with Crippen LogP contribution in [0.25, 0.3) is 0 Å². The summed E-state index contributed by atoms with van der Waals surface area (Å²) in [5.41, 5.74) is 1.01. The van der Waals surface area contributed by atoms with Gasteiger partial charge in [-0.2, -0.15) is 0 Å². The Bertz CT molecular complexity index is 376. The van der Waals surface area contributed by atoms with Gasteiger partial charge in [0.05, 0.1) is 0 Å². The zero-order valence-corrected chi connectivity index (χ0v) is 10.8. The van der Waals surface area contributed by atoms with Gasteiger partial charge in [0.2, 0.25) is 0 Å². The molecule has 2 rings (SSSR count). The first-order valence-corrected chi connectivity index (χ1v) is 6.46. The number of hydrogen-bond acceptors (Lipinski definition) is 2. The molecule has 1 atom stereocenters. The van der Waals surface area contributed by atoms with Crippen molar-refractivity contribution in [1.82, 2.24) is 10.2 Å². The number of benzene rings is 1. The number of nitrogens with one attached hydrogen (secondary N) is 1. The molecule has 0 saturated carbocycles. The number of rotatable bonds is 2. The van der Waals surface area contributed by atoms with E-state index >= 15 is 0 Å². The largest absolute Gasteiger partial charge is 0.315 e. The fraction of sp³-hybridized carbons (Fsp3) is 0.538. The van der Waals surface area contributed by atoms with Crippen LogP contribution in [-0.4, -0.2) is 31.1 Å². The van der Waals surface area contributed by atoms with Gasteiger partial charge in [-0.3, -0.25) is 4.90 Å². The van der Waals surface area contributed by atoms with Gasteiger partial charge in [-0.15, -0.1) is 0 Å². The fourth-order valence-electron chi connectivity index (χ4n) is 2.29. The maximum atomic E-state index is 13.0. The lowest BCUT2D eigenvalue weighted by Gasteiger charge is -2.28. The van der Waals surface area contributed by atoms with E-state index in [1.165, 1.54) is 12.1 Å². The molecule has 1 heterocycles. The molecule has 1 aliphatic rings. The van der Waals surface area contributed by atoms with E-state index in [9.17, 15) is 4.39 Å². The average Bonchev–Trinajstić information content (AvgIpc) is 2.56. The number of hydrogen-bond donors (Lipinski definition) is 1. The molecule has 0 aliphatic carbocycles. The van der Waals surface area contributed by atoms with Crippen LogP contribution in [0, 0.1) is 5.82 Å². The Morgan fingerprint density at radius 2 is 2.18 bits per heavy atom. The predicted octanol–water partition coefficient (Wildman–Crippen LogP) is 2.84. The van der Waals surface area contributed by atoms with Crippen molar-refractivity contribution < 1.29 is 4.39 Å². The highest BCUT2D eigenvalue weighted by molar-refractivity contribution is 6.31. The summed E-state index contributed by atoms with van der Waals surface area (Å²) in [6.45, 7) is 6.27. The maximum absolute atomic E-state index is 13.0. The van der Waals surface area contributed by atoms with Crippen LogP contribution in [0.4, 0.5) is 4.39 Å². The van der Waals surface area contributed by atoms with E-state index in [-0.39, 0.29) is 11.9 Å². The van der Waals surface area contributed by atoms with E-state index in [4.69, 9.17) is 11.6 Å². The lowest BCUT2D eigenvalue weighted by atomic mass is 10.1. The summed E-state index contributed by atoms with van der Waals surface area (Å²) in [5.74, 6) is -0.275. The summed E-state index contributed by atoms with van der Waals surface area (Å²) >= 11 is 6.10. The molecular formula is C13H18ClFN2. The van der Waals surface area contributed by atoms with Gasteiger partial charge in [0.15, 0.2) is 0 Å². The lowest BCUT2D eigenvalue weighted by Crippen LogP contribution is -2.30. The van der Waals surface area contributed by atoms with Gasteiger partial charge < -0.3 is 5.32 Å². The minimum Gasteiger partial charge on any atom is -0.315 e. The molecule has 0 radical (unpaired) electrons. The van der Waals surface area contributed by atoms with Crippen LogP contribution in [0.3, 0.4) is 0 Å². The van der Waals surface area contributed by atoms with Gasteiger partial charge in [0.25, 0.3) is 0 Å². The molecule has 1 aromatic rings. The smallest absolute Gasteiger partial charge is 0.124 e. The van der Waals surface area contributed by atoms with Gasteiger partial charge in [-0.05, 0) is 44.1 Å². The summed E-state index contributed by atoms with van der Waals surface area (Å²) in [7, 11) is 0. The highest BCUT2D eigenvalue weighted by Gasteiger charge is 2.19. The quantitative estimate of drug-likeness (QED) is 0.875. The molecule has 0 bridgehead atoms. The van der Waals surface area contributed by atoms with Crippen molar-refractivity contribution in [2.75, 3.05) is 26.2 Å².